The molecule has 0 bridgehead atoms. The van der Waals surface area contributed by atoms with Crippen LogP contribution in [0.5, 0.6) is 5.75 Å². The number of esters is 1. The average molecular weight is 280 g/mol. The summed E-state index contributed by atoms with van der Waals surface area (Å²) in [7, 11) is 0. The number of rotatable bonds is 7. The first-order valence-corrected chi connectivity index (χ1v) is 6.49. The minimum atomic E-state index is -0.693. The lowest BCUT2D eigenvalue weighted by atomic mass is 10.1. The smallest absolute Gasteiger partial charge is 0.307 e. The van der Waals surface area contributed by atoms with E-state index in [1.54, 1.807) is 31.2 Å². The van der Waals surface area contributed by atoms with Crippen LogP contribution in [0.1, 0.15) is 18.9 Å². The highest BCUT2D eigenvalue weighted by atomic mass is 16.5. The summed E-state index contributed by atoms with van der Waals surface area (Å²) in [4.78, 5) is 22.8. The molecule has 1 aromatic rings. The second-order valence-corrected chi connectivity index (χ2v) is 4.32. The summed E-state index contributed by atoms with van der Waals surface area (Å²) in [6.07, 6.45) is 0.497. The zero-order chi connectivity index (χ0) is 15.0. The summed E-state index contributed by atoms with van der Waals surface area (Å²) in [5, 5.41) is 11.7. The van der Waals surface area contributed by atoms with Gasteiger partial charge in [0.05, 0.1) is 19.1 Å². The molecule has 1 amide bonds. The Hall–Kier alpha value is -2.08. The van der Waals surface area contributed by atoms with E-state index in [1.165, 1.54) is 0 Å². The maximum Gasteiger partial charge on any atom is 0.307 e. The van der Waals surface area contributed by atoms with E-state index in [4.69, 9.17) is 15.6 Å². The van der Waals surface area contributed by atoms with Crippen LogP contribution < -0.4 is 11.1 Å². The third kappa shape index (κ3) is 5.71. The number of ether oxygens (including phenoxy) is 1. The number of hydrogen-bond acceptors (Lipinski definition) is 5. The Morgan fingerprint density at radius 3 is 2.60 bits per heavy atom. The largest absolute Gasteiger partial charge is 0.508 e. The summed E-state index contributed by atoms with van der Waals surface area (Å²) >= 11 is 0. The van der Waals surface area contributed by atoms with Gasteiger partial charge in [-0.3, -0.25) is 9.59 Å². The van der Waals surface area contributed by atoms with Gasteiger partial charge >= 0.3 is 5.97 Å². The van der Waals surface area contributed by atoms with Crippen molar-refractivity contribution >= 4 is 11.9 Å². The molecule has 1 atom stereocenters. The van der Waals surface area contributed by atoms with Crippen LogP contribution in [0, 0.1) is 0 Å². The minimum absolute atomic E-state index is 0.130. The number of benzene rings is 1. The first-order valence-electron chi connectivity index (χ1n) is 6.49. The molecule has 0 heterocycles. The SMILES string of the molecule is CCOC(=O)CCNC(=O)[C@@H](N)Cc1ccc(O)cc1. The fourth-order valence-corrected chi connectivity index (χ4v) is 1.63. The van der Waals surface area contributed by atoms with E-state index >= 15 is 0 Å². The predicted molar refractivity (Wildman–Crippen MR) is 74.0 cm³/mol. The number of phenols is 1. The molecule has 0 aromatic heterocycles. The van der Waals surface area contributed by atoms with Crippen LogP contribution in [-0.2, 0) is 20.7 Å². The van der Waals surface area contributed by atoms with E-state index in [2.05, 4.69) is 5.32 Å². The molecule has 0 aliphatic heterocycles. The molecule has 0 unspecified atom stereocenters. The molecule has 0 spiro atoms. The zero-order valence-corrected chi connectivity index (χ0v) is 11.5. The van der Waals surface area contributed by atoms with Crippen LogP contribution in [0.4, 0.5) is 0 Å². The van der Waals surface area contributed by atoms with Crippen LogP contribution in [-0.4, -0.2) is 36.2 Å². The van der Waals surface area contributed by atoms with Crippen LogP contribution in [0.25, 0.3) is 0 Å². The topological polar surface area (TPSA) is 102 Å². The summed E-state index contributed by atoms with van der Waals surface area (Å²) in [6, 6.07) is 5.81. The van der Waals surface area contributed by atoms with Gasteiger partial charge in [-0.2, -0.15) is 0 Å². The van der Waals surface area contributed by atoms with Crippen molar-refractivity contribution in [3.05, 3.63) is 29.8 Å². The van der Waals surface area contributed by atoms with Gasteiger partial charge in [-0.1, -0.05) is 12.1 Å². The van der Waals surface area contributed by atoms with E-state index in [1.807, 2.05) is 0 Å². The van der Waals surface area contributed by atoms with Crippen LogP contribution in [0.15, 0.2) is 24.3 Å². The lowest BCUT2D eigenvalue weighted by molar-refractivity contribution is -0.143. The van der Waals surface area contributed by atoms with E-state index in [-0.39, 0.29) is 30.6 Å². The van der Waals surface area contributed by atoms with E-state index < -0.39 is 6.04 Å². The highest BCUT2D eigenvalue weighted by Gasteiger charge is 2.14. The Balaban J connectivity index is 2.32. The number of phenolic OH excluding ortho intramolecular Hbond substituents is 1. The molecule has 0 aliphatic carbocycles. The highest BCUT2D eigenvalue weighted by molar-refractivity contribution is 5.82. The van der Waals surface area contributed by atoms with Crippen molar-refractivity contribution in [2.75, 3.05) is 13.2 Å². The van der Waals surface area contributed by atoms with Crippen LogP contribution >= 0.6 is 0 Å². The Morgan fingerprint density at radius 1 is 1.35 bits per heavy atom. The van der Waals surface area contributed by atoms with E-state index in [0.717, 1.165) is 5.56 Å². The van der Waals surface area contributed by atoms with Gasteiger partial charge in [-0.05, 0) is 31.0 Å². The Labute approximate surface area is 117 Å². The van der Waals surface area contributed by atoms with Gasteiger partial charge in [0.25, 0.3) is 0 Å². The van der Waals surface area contributed by atoms with Crippen molar-refractivity contribution in [3.63, 3.8) is 0 Å². The van der Waals surface area contributed by atoms with Crippen molar-refractivity contribution in [2.24, 2.45) is 5.73 Å². The minimum Gasteiger partial charge on any atom is -0.508 e. The molecule has 6 nitrogen and oxygen atoms in total. The maximum atomic E-state index is 11.7. The molecule has 110 valence electrons. The van der Waals surface area contributed by atoms with Crippen molar-refractivity contribution < 1.29 is 19.4 Å². The number of hydrogen-bond donors (Lipinski definition) is 3. The lowest BCUT2D eigenvalue weighted by Gasteiger charge is -2.12. The quantitative estimate of drug-likeness (QED) is 0.625. The lowest BCUT2D eigenvalue weighted by Crippen LogP contribution is -2.42. The molecule has 0 aliphatic rings. The molecular formula is C14H20N2O4. The van der Waals surface area contributed by atoms with Gasteiger partial charge in [0.2, 0.25) is 5.91 Å². The number of aromatic hydroxyl groups is 1. The molecule has 0 saturated heterocycles. The van der Waals surface area contributed by atoms with Crippen LogP contribution in [0.3, 0.4) is 0 Å². The maximum absolute atomic E-state index is 11.7. The van der Waals surface area contributed by atoms with Gasteiger partial charge in [0.15, 0.2) is 0 Å². The molecule has 20 heavy (non-hydrogen) atoms. The predicted octanol–water partition coefficient (Wildman–Crippen LogP) is 0.331. The number of carbonyl (C=O) groups excluding carboxylic acids is 2. The summed E-state index contributed by atoms with van der Waals surface area (Å²) in [5.41, 5.74) is 6.63. The Kier molecular flexibility index (Phi) is 6.52. The number of amides is 1. The molecule has 4 N–H and O–H groups in total. The Morgan fingerprint density at radius 2 is 2.00 bits per heavy atom. The first kappa shape index (κ1) is 16.0. The average Bonchev–Trinajstić information content (AvgIpc) is 2.41. The third-order valence-corrected chi connectivity index (χ3v) is 2.66. The van der Waals surface area contributed by atoms with Gasteiger partial charge in [-0.25, -0.2) is 0 Å². The highest BCUT2D eigenvalue weighted by Crippen LogP contribution is 2.10. The molecule has 0 saturated carbocycles. The molecule has 1 aromatic carbocycles. The van der Waals surface area contributed by atoms with Gasteiger partial charge < -0.3 is 20.9 Å². The molecular weight excluding hydrogens is 260 g/mol. The summed E-state index contributed by atoms with van der Waals surface area (Å²) in [6.45, 7) is 2.26. The second kappa shape index (κ2) is 8.16. The fourth-order valence-electron chi connectivity index (χ4n) is 1.63. The van der Waals surface area contributed by atoms with Gasteiger partial charge in [0.1, 0.15) is 5.75 Å². The molecule has 1 rings (SSSR count). The normalized spacial score (nSPS) is 11.7. The van der Waals surface area contributed by atoms with Gasteiger partial charge in [-0.15, -0.1) is 0 Å². The van der Waals surface area contributed by atoms with E-state index in [0.29, 0.717) is 13.0 Å². The fraction of sp³-hybridized carbons (Fsp3) is 0.429. The molecule has 0 radical (unpaired) electrons. The number of carbonyl (C=O) groups is 2. The monoisotopic (exact) mass is 280 g/mol. The second-order valence-electron chi connectivity index (χ2n) is 4.32. The standard InChI is InChI=1S/C14H20N2O4/c1-2-20-13(18)7-8-16-14(19)12(15)9-10-3-5-11(17)6-4-10/h3-6,12,17H,2,7-9,15H2,1H3,(H,16,19)/t12-/m0/s1. The van der Waals surface area contributed by atoms with Crippen LogP contribution in [0.2, 0.25) is 0 Å². The first-order chi connectivity index (χ1) is 9.52. The zero-order valence-electron chi connectivity index (χ0n) is 11.5. The summed E-state index contributed by atoms with van der Waals surface area (Å²) < 4.78 is 4.75. The third-order valence-electron chi connectivity index (χ3n) is 2.66. The van der Waals surface area contributed by atoms with E-state index in [9.17, 15) is 9.59 Å². The number of nitrogens with one attached hydrogen (secondary N) is 1. The van der Waals surface area contributed by atoms with Crippen molar-refractivity contribution in [1.29, 1.82) is 0 Å². The number of nitrogens with two attached hydrogens (primary N) is 1. The van der Waals surface area contributed by atoms with Crippen molar-refractivity contribution in [2.45, 2.75) is 25.8 Å². The van der Waals surface area contributed by atoms with Gasteiger partial charge in [0, 0.05) is 6.54 Å². The summed E-state index contributed by atoms with van der Waals surface area (Å²) in [5.74, 6) is -0.497. The Bertz CT molecular complexity index is 445. The molecule has 0 fully saturated rings. The van der Waals surface area contributed by atoms with Crippen molar-refractivity contribution in [1.82, 2.24) is 5.32 Å². The van der Waals surface area contributed by atoms with Crippen molar-refractivity contribution in [3.8, 4) is 5.75 Å². The molecule has 6 heteroatoms.